The number of likely N-dealkylation sites (tertiary alicyclic amines) is 2. The highest BCUT2D eigenvalue weighted by molar-refractivity contribution is 5.78. The van der Waals surface area contributed by atoms with Crippen molar-refractivity contribution in [2.75, 3.05) is 26.2 Å². The molecule has 0 saturated carbocycles. The van der Waals surface area contributed by atoms with Crippen LogP contribution in [-0.4, -0.2) is 57.3 Å². The molecule has 1 aromatic heterocycles. The van der Waals surface area contributed by atoms with E-state index in [0.717, 1.165) is 51.9 Å². The second-order valence-electron chi connectivity index (χ2n) is 8.20. The normalized spacial score (nSPS) is 22.6. The molecule has 1 unspecified atom stereocenters. The molecule has 2 fully saturated rings. The zero-order valence-corrected chi connectivity index (χ0v) is 16.3. The summed E-state index contributed by atoms with van der Waals surface area (Å²) in [6.07, 6.45) is 9.67. The molecule has 0 N–H and O–H groups in total. The van der Waals surface area contributed by atoms with Crippen LogP contribution in [0.4, 0.5) is 0 Å². The summed E-state index contributed by atoms with van der Waals surface area (Å²) >= 11 is 0. The first-order valence-electron chi connectivity index (χ1n) is 10.2. The molecule has 2 saturated heterocycles. The molecule has 0 bridgehead atoms. The largest absolute Gasteiger partial charge is 0.342 e. The van der Waals surface area contributed by atoms with E-state index in [9.17, 15) is 9.59 Å². The van der Waals surface area contributed by atoms with Gasteiger partial charge in [-0.05, 0) is 31.2 Å². The van der Waals surface area contributed by atoms with Gasteiger partial charge < -0.3 is 14.4 Å². The highest BCUT2D eigenvalue weighted by Gasteiger charge is 2.42. The summed E-state index contributed by atoms with van der Waals surface area (Å²) in [4.78, 5) is 33.3. The van der Waals surface area contributed by atoms with Crippen LogP contribution in [0.2, 0.25) is 0 Å². The fourth-order valence-electron chi connectivity index (χ4n) is 4.61. The molecule has 1 atom stereocenters. The lowest BCUT2D eigenvalue weighted by molar-refractivity contribution is -0.143. The number of benzene rings is 1. The van der Waals surface area contributed by atoms with Crippen molar-refractivity contribution in [3.8, 4) is 0 Å². The topological polar surface area (TPSA) is 58.4 Å². The molecule has 6 heteroatoms. The number of carbonyl (C=O) groups excluding carboxylic acids is 2. The molecule has 2 aliphatic heterocycles. The Kier molecular flexibility index (Phi) is 5.46. The molecular formula is C22H28N4O2. The molecule has 2 aliphatic rings. The van der Waals surface area contributed by atoms with Crippen LogP contribution in [0.1, 0.15) is 31.2 Å². The molecule has 28 heavy (non-hydrogen) atoms. The predicted octanol–water partition coefficient (Wildman–Crippen LogP) is 2.36. The highest BCUT2D eigenvalue weighted by Crippen LogP contribution is 2.39. The summed E-state index contributed by atoms with van der Waals surface area (Å²) < 4.78 is 1.82. The lowest BCUT2D eigenvalue weighted by atomic mass is 9.73. The van der Waals surface area contributed by atoms with Crippen LogP contribution < -0.4 is 0 Å². The van der Waals surface area contributed by atoms with Gasteiger partial charge in [0.25, 0.3) is 0 Å². The molecule has 1 aromatic carbocycles. The molecule has 4 rings (SSSR count). The lowest BCUT2D eigenvalue weighted by Crippen LogP contribution is -2.55. The smallest absolute Gasteiger partial charge is 0.242 e. The Balaban J connectivity index is 1.38. The van der Waals surface area contributed by atoms with Gasteiger partial charge in [-0.15, -0.1) is 0 Å². The standard InChI is InChI=1S/C22H28N4O2/c27-20-7-10-22(17-26(20)13-8-19-5-2-1-3-6-19)9-4-12-25(16-22)21(28)15-24-14-11-23-18-24/h1-3,5-6,11,14,18H,4,7-10,12-13,15-17H2. The number of hydrogen-bond acceptors (Lipinski definition) is 3. The summed E-state index contributed by atoms with van der Waals surface area (Å²) in [5, 5.41) is 0. The lowest BCUT2D eigenvalue weighted by Gasteiger charge is -2.48. The van der Waals surface area contributed by atoms with Gasteiger partial charge in [0.1, 0.15) is 6.54 Å². The number of aromatic nitrogens is 2. The quantitative estimate of drug-likeness (QED) is 0.800. The Bertz CT molecular complexity index is 805. The first kappa shape index (κ1) is 18.7. The van der Waals surface area contributed by atoms with E-state index in [4.69, 9.17) is 0 Å². The van der Waals surface area contributed by atoms with Gasteiger partial charge in [-0.25, -0.2) is 4.98 Å². The van der Waals surface area contributed by atoms with E-state index in [-0.39, 0.29) is 17.2 Å². The fraction of sp³-hybridized carbons (Fsp3) is 0.500. The summed E-state index contributed by atoms with van der Waals surface area (Å²) in [6.45, 7) is 3.44. The van der Waals surface area contributed by atoms with Crippen molar-refractivity contribution in [1.82, 2.24) is 19.4 Å². The van der Waals surface area contributed by atoms with E-state index >= 15 is 0 Å². The van der Waals surface area contributed by atoms with Crippen LogP contribution >= 0.6 is 0 Å². The third kappa shape index (κ3) is 4.26. The zero-order chi connectivity index (χ0) is 19.4. The molecular weight excluding hydrogens is 352 g/mol. The van der Waals surface area contributed by atoms with Gasteiger partial charge in [0.15, 0.2) is 0 Å². The summed E-state index contributed by atoms with van der Waals surface area (Å²) in [5.74, 6) is 0.397. The van der Waals surface area contributed by atoms with E-state index in [1.807, 2.05) is 38.8 Å². The molecule has 2 aromatic rings. The van der Waals surface area contributed by atoms with Gasteiger partial charge in [0.2, 0.25) is 11.8 Å². The van der Waals surface area contributed by atoms with E-state index < -0.39 is 0 Å². The molecule has 148 valence electrons. The Hall–Kier alpha value is -2.63. The number of carbonyl (C=O) groups is 2. The Morgan fingerprint density at radius 2 is 2.00 bits per heavy atom. The number of amides is 2. The van der Waals surface area contributed by atoms with Crippen molar-refractivity contribution in [2.45, 2.75) is 38.6 Å². The first-order chi connectivity index (χ1) is 13.6. The summed E-state index contributed by atoms with van der Waals surface area (Å²) in [6, 6.07) is 10.3. The van der Waals surface area contributed by atoms with Crippen LogP contribution in [0.15, 0.2) is 49.1 Å². The minimum Gasteiger partial charge on any atom is -0.342 e. The first-order valence-corrected chi connectivity index (χ1v) is 10.2. The van der Waals surface area contributed by atoms with Gasteiger partial charge in [-0.3, -0.25) is 9.59 Å². The van der Waals surface area contributed by atoms with Crippen LogP contribution in [0.25, 0.3) is 0 Å². The molecule has 0 aliphatic carbocycles. The third-order valence-corrected chi connectivity index (χ3v) is 6.15. The van der Waals surface area contributed by atoms with Gasteiger partial charge in [0.05, 0.1) is 6.33 Å². The maximum atomic E-state index is 12.7. The van der Waals surface area contributed by atoms with E-state index in [1.54, 1.807) is 12.5 Å². The van der Waals surface area contributed by atoms with Crippen LogP contribution in [0.3, 0.4) is 0 Å². The number of imidazole rings is 1. The summed E-state index contributed by atoms with van der Waals surface area (Å²) in [5.41, 5.74) is 1.31. The zero-order valence-electron chi connectivity index (χ0n) is 16.3. The summed E-state index contributed by atoms with van der Waals surface area (Å²) in [7, 11) is 0. The SMILES string of the molecule is O=C1CCC2(CCCN(C(=O)Cn3ccnc3)C2)CN1CCc1ccccc1. The number of nitrogens with zero attached hydrogens (tertiary/aromatic N) is 4. The number of hydrogen-bond donors (Lipinski definition) is 0. The van der Waals surface area contributed by atoms with Crippen molar-refractivity contribution in [3.05, 3.63) is 54.6 Å². The van der Waals surface area contributed by atoms with Crippen LogP contribution in [-0.2, 0) is 22.6 Å². The Morgan fingerprint density at radius 3 is 2.79 bits per heavy atom. The van der Waals surface area contributed by atoms with Crippen LogP contribution in [0.5, 0.6) is 0 Å². The van der Waals surface area contributed by atoms with Crippen molar-refractivity contribution in [1.29, 1.82) is 0 Å². The average molecular weight is 380 g/mol. The molecule has 1 spiro atoms. The van der Waals surface area contributed by atoms with Crippen molar-refractivity contribution in [2.24, 2.45) is 5.41 Å². The average Bonchev–Trinajstić information content (AvgIpc) is 3.23. The minimum absolute atomic E-state index is 0.0491. The van der Waals surface area contributed by atoms with Gasteiger partial charge in [-0.2, -0.15) is 0 Å². The van der Waals surface area contributed by atoms with Crippen molar-refractivity contribution in [3.63, 3.8) is 0 Å². The monoisotopic (exact) mass is 380 g/mol. The van der Waals surface area contributed by atoms with Crippen molar-refractivity contribution >= 4 is 11.8 Å². The van der Waals surface area contributed by atoms with E-state index in [2.05, 4.69) is 17.1 Å². The van der Waals surface area contributed by atoms with Crippen LogP contribution in [0, 0.1) is 5.41 Å². The Labute approximate surface area is 166 Å². The second kappa shape index (κ2) is 8.17. The van der Waals surface area contributed by atoms with Gasteiger partial charge in [0, 0.05) is 50.4 Å². The van der Waals surface area contributed by atoms with Crippen molar-refractivity contribution < 1.29 is 9.59 Å². The number of piperidine rings is 2. The molecule has 3 heterocycles. The number of rotatable bonds is 5. The predicted molar refractivity (Wildman–Crippen MR) is 106 cm³/mol. The third-order valence-electron chi connectivity index (χ3n) is 6.15. The molecule has 2 amide bonds. The minimum atomic E-state index is 0.0491. The molecule has 6 nitrogen and oxygen atoms in total. The van der Waals surface area contributed by atoms with E-state index in [1.165, 1.54) is 5.56 Å². The maximum Gasteiger partial charge on any atom is 0.242 e. The second-order valence-corrected chi connectivity index (χ2v) is 8.20. The molecule has 0 radical (unpaired) electrons. The van der Waals surface area contributed by atoms with Gasteiger partial charge >= 0.3 is 0 Å². The van der Waals surface area contributed by atoms with Gasteiger partial charge in [-0.1, -0.05) is 30.3 Å². The highest BCUT2D eigenvalue weighted by atomic mass is 16.2. The fourth-order valence-corrected chi connectivity index (χ4v) is 4.61. The van der Waals surface area contributed by atoms with E-state index in [0.29, 0.717) is 13.0 Å². The Morgan fingerprint density at radius 1 is 1.14 bits per heavy atom. The maximum absolute atomic E-state index is 12.7.